The molecule has 0 aliphatic heterocycles. The van der Waals surface area contributed by atoms with Gasteiger partial charge in [-0.3, -0.25) is 19.1 Å². The molecule has 0 spiro atoms. The van der Waals surface area contributed by atoms with Crippen molar-refractivity contribution in [1.82, 2.24) is 0 Å². The fourth-order valence-corrected chi connectivity index (χ4v) is 4.28. The summed E-state index contributed by atoms with van der Waals surface area (Å²) >= 11 is 0. The van der Waals surface area contributed by atoms with Gasteiger partial charge in [0.25, 0.3) is 20.2 Å². The van der Waals surface area contributed by atoms with E-state index in [1.54, 1.807) is 41.5 Å². The van der Waals surface area contributed by atoms with Gasteiger partial charge >= 0.3 is 0 Å². The molecule has 0 bridgehead atoms. The Morgan fingerprint density at radius 1 is 0.633 bits per heavy atom. The maximum atomic E-state index is 11.4. The molecule has 8 nitrogen and oxygen atoms in total. The maximum absolute atomic E-state index is 11.4. The summed E-state index contributed by atoms with van der Waals surface area (Å²) in [5.41, 5.74) is 4.64. The molecule has 2 aromatic carbocycles. The van der Waals surface area contributed by atoms with E-state index < -0.39 is 20.2 Å². The molecular formula is C20H24N2O6S2. The third-order valence-corrected chi connectivity index (χ3v) is 6.27. The van der Waals surface area contributed by atoms with Gasteiger partial charge in [-0.05, 0) is 88.1 Å². The molecule has 2 aromatic rings. The molecule has 2 N–H and O–H groups in total. The monoisotopic (exact) mass is 452 g/mol. The normalized spacial score (nSPS) is 13.6. The van der Waals surface area contributed by atoms with Crippen LogP contribution in [0.15, 0.2) is 44.0 Å². The van der Waals surface area contributed by atoms with Gasteiger partial charge in [-0.15, -0.1) is 0 Å². The summed E-state index contributed by atoms with van der Waals surface area (Å²) in [6.45, 7) is 10.3. The van der Waals surface area contributed by atoms with Crippen LogP contribution in [0.2, 0.25) is 0 Å². The Hall–Kier alpha value is -2.40. The van der Waals surface area contributed by atoms with Crippen molar-refractivity contribution in [3.05, 3.63) is 46.5 Å². The third-order valence-electron chi connectivity index (χ3n) is 4.61. The third kappa shape index (κ3) is 5.39. The zero-order valence-electron chi connectivity index (χ0n) is 17.5. The lowest BCUT2D eigenvalue weighted by Gasteiger charge is -2.11. The molecule has 162 valence electrons. The Morgan fingerprint density at radius 3 is 1.07 bits per heavy atom. The lowest BCUT2D eigenvalue weighted by Crippen LogP contribution is -2.06. The standard InChI is InChI=1S/C20H24N2O6S2/c1-11-7-17(29(23,24)25)8-12(2)19(11)21-15(5)16(6)22-20-13(3)9-18(10-14(20)4)30(26,27)28/h7-10H,1-6H3,(H,23,24,25)(H,26,27,28). The van der Waals surface area contributed by atoms with Crippen LogP contribution < -0.4 is 0 Å². The maximum Gasteiger partial charge on any atom is 0.294 e. The fraction of sp³-hybridized carbons (Fsp3) is 0.300. The van der Waals surface area contributed by atoms with Crippen molar-refractivity contribution in [3.63, 3.8) is 0 Å². The van der Waals surface area contributed by atoms with E-state index in [4.69, 9.17) is 0 Å². The summed E-state index contributed by atoms with van der Waals surface area (Å²) in [7, 11) is -8.61. The molecule has 0 fully saturated rings. The summed E-state index contributed by atoms with van der Waals surface area (Å²) in [6.07, 6.45) is 0. The van der Waals surface area contributed by atoms with Crippen molar-refractivity contribution in [3.8, 4) is 0 Å². The smallest absolute Gasteiger partial charge is 0.282 e. The van der Waals surface area contributed by atoms with Crippen LogP contribution in [0, 0.1) is 27.7 Å². The number of nitrogens with zero attached hydrogens (tertiary/aromatic N) is 2. The molecule has 0 aromatic heterocycles. The fourth-order valence-electron chi connectivity index (χ4n) is 2.98. The highest BCUT2D eigenvalue weighted by Crippen LogP contribution is 2.29. The van der Waals surface area contributed by atoms with E-state index in [-0.39, 0.29) is 9.79 Å². The largest absolute Gasteiger partial charge is 0.294 e. The first-order valence-corrected chi connectivity index (χ1v) is 11.8. The molecule has 0 aliphatic carbocycles. The van der Waals surface area contributed by atoms with Crippen molar-refractivity contribution < 1.29 is 25.9 Å². The molecular weight excluding hydrogens is 428 g/mol. The Kier molecular flexibility index (Phi) is 6.67. The molecule has 30 heavy (non-hydrogen) atoms. The van der Waals surface area contributed by atoms with Gasteiger partial charge in [0.05, 0.1) is 32.6 Å². The lowest BCUT2D eigenvalue weighted by molar-refractivity contribution is 0.481. The van der Waals surface area contributed by atoms with Gasteiger partial charge in [-0.2, -0.15) is 16.8 Å². The molecule has 10 heteroatoms. The van der Waals surface area contributed by atoms with Crippen LogP contribution in [0.4, 0.5) is 11.4 Å². The molecule has 0 radical (unpaired) electrons. The topological polar surface area (TPSA) is 133 Å². The average Bonchev–Trinajstić information content (AvgIpc) is 2.58. The van der Waals surface area contributed by atoms with Crippen molar-refractivity contribution >= 4 is 43.0 Å². The van der Waals surface area contributed by atoms with Crippen LogP contribution in [0.25, 0.3) is 0 Å². The molecule has 0 saturated carbocycles. The summed E-state index contributed by atoms with van der Waals surface area (Å²) in [5.74, 6) is 0. The van der Waals surface area contributed by atoms with Crippen LogP contribution >= 0.6 is 0 Å². The van der Waals surface area contributed by atoms with E-state index in [1.165, 1.54) is 24.3 Å². The highest BCUT2D eigenvalue weighted by atomic mass is 32.2. The highest BCUT2D eigenvalue weighted by molar-refractivity contribution is 7.86. The first-order valence-electron chi connectivity index (χ1n) is 8.89. The molecule has 2 rings (SSSR count). The molecule has 0 saturated heterocycles. The van der Waals surface area contributed by atoms with E-state index in [9.17, 15) is 25.9 Å². The lowest BCUT2D eigenvalue weighted by atomic mass is 10.1. The first kappa shape index (κ1) is 23.9. The van der Waals surface area contributed by atoms with Crippen molar-refractivity contribution in [2.24, 2.45) is 9.98 Å². The van der Waals surface area contributed by atoms with E-state index in [0.29, 0.717) is 45.1 Å². The number of rotatable bonds is 5. The molecule has 0 atom stereocenters. The van der Waals surface area contributed by atoms with Crippen LogP contribution in [-0.2, 0) is 20.2 Å². The Labute approximate surface area is 176 Å². The van der Waals surface area contributed by atoms with Crippen LogP contribution in [0.3, 0.4) is 0 Å². The van der Waals surface area contributed by atoms with Crippen molar-refractivity contribution in [2.45, 2.75) is 51.3 Å². The number of benzene rings is 2. The van der Waals surface area contributed by atoms with E-state index in [2.05, 4.69) is 9.98 Å². The average molecular weight is 453 g/mol. The number of aryl methyl sites for hydroxylation is 4. The first-order chi connectivity index (χ1) is 13.6. The van der Waals surface area contributed by atoms with E-state index >= 15 is 0 Å². The summed E-state index contributed by atoms with van der Waals surface area (Å²) in [5, 5.41) is 0. The van der Waals surface area contributed by atoms with Gasteiger partial charge < -0.3 is 0 Å². The van der Waals surface area contributed by atoms with Crippen LogP contribution in [-0.4, -0.2) is 37.4 Å². The van der Waals surface area contributed by atoms with Crippen LogP contribution in [0.5, 0.6) is 0 Å². The second-order valence-electron chi connectivity index (χ2n) is 7.16. The van der Waals surface area contributed by atoms with Crippen LogP contribution in [0.1, 0.15) is 36.1 Å². The number of hydrogen-bond acceptors (Lipinski definition) is 6. The quantitative estimate of drug-likeness (QED) is 0.513. The minimum Gasteiger partial charge on any atom is -0.282 e. The number of hydrogen-bond donors (Lipinski definition) is 2. The predicted octanol–water partition coefficient (Wildman–Crippen LogP) is 4.30. The number of aliphatic imine (C=N–C) groups is 2. The summed E-state index contributed by atoms with van der Waals surface area (Å²) < 4.78 is 64.0. The van der Waals surface area contributed by atoms with E-state index in [0.717, 1.165) is 0 Å². The zero-order chi connectivity index (χ0) is 23.0. The molecule has 0 unspecified atom stereocenters. The summed E-state index contributed by atoms with van der Waals surface area (Å²) in [6, 6.07) is 5.40. The van der Waals surface area contributed by atoms with Crippen molar-refractivity contribution in [1.29, 1.82) is 0 Å². The molecule has 0 aliphatic rings. The minimum atomic E-state index is -4.31. The SMILES string of the molecule is CC(=Nc1c(C)cc(S(=O)(=O)O)cc1C)C(C)=Nc1c(C)cc(S(=O)(=O)O)cc1C. The van der Waals surface area contributed by atoms with Gasteiger partial charge in [-0.25, -0.2) is 0 Å². The Bertz CT molecular complexity index is 1140. The van der Waals surface area contributed by atoms with E-state index in [1.807, 2.05) is 0 Å². The molecule has 0 heterocycles. The summed E-state index contributed by atoms with van der Waals surface area (Å²) in [4.78, 5) is 8.75. The van der Waals surface area contributed by atoms with Gasteiger partial charge in [-0.1, -0.05) is 0 Å². The second-order valence-corrected chi connectivity index (χ2v) is 10.00. The predicted molar refractivity (Wildman–Crippen MR) is 117 cm³/mol. The zero-order valence-corrected chi connectivity index (χ0v) is 19.2. The Balaban J connectivity index is 2.51. The minimum absolute atomic E-state index is 0.190. The molecule has 0 amide bonds. The second kappa shape index (κ2) is 8.38. The Morgan fingerprint density at radius 2 is 0.867 bits per heavy atom. The van der Waals surface area contributed by atoms with Crippen molar-refractivity contribution in [2.75, 3.05) is 0 Å². The van der Waals surface area contributed by atoms with Gasteiger partial charge in [0.1, 0.15) is 0 Å². The highest BCUT2D eigenvalue weighted by Gasteiger charge is 2.15. The van der Waals surface area contributed by atoms with Gasteiger partial charge in [0.2, 0.25) is 0 Å². The van der Waals surface area contributed by atoms with Gasteiger partial charge in [0.15, 0.2) is 0 Å². The van der Waals surface area contributed by atoms with Gasteiger partial charge in [0, 0.05) is 0 Å².